The summed E-state index contributed by atoms with van der Waals surface area (Å²) in [5.74, 6) is 0. The van der Waals surface area contributed by atoms with Crippen LogP contribution in [-0.4, -0.2) is 40.9 Å². The molecule has 0 saturated heterocycles. The van der Waals surface area contributed by atoms with Crippen molar-refractivity contribution >= 4 is 6.09 Å². The van der Waals surface area contributed by atoms with Crippen molar-refractivity contribution in [3.05, 3.63) is 0 Å². The number of nitrogens with zero attached hydrogens (tertiary/aromatic N) is 2. The summed E-state index contributed by atoms with van der Waals surface area (Å²) in [7, 11) is 0. The topological polar surface area (TPSA) is 73.6 Å². The second-order valence-electron chi connectivity index (χ2n) is 4.56. The van der Waals surface area contributed by atoms with E-state index in [2.05, 4.69) is 0 Å². The molecule has 1 N–H and O–H groups in total. The van der Waals surface area contributed by atoms with E-state index in [-0.39, 0.29) is 6.61 Å². The molecule has 0 saturated carbocycles. The number of carbonyl (C=O) groups excluding carboxylic acids is 1. The Bertz CT molecular complexity index is 265. The zero-order valence-corrected chi connectivity index (χ0v) is 10.4. The second-order valence-corrected chi connectivity index (χ2v) is 4.56. The normalized spacial score (nSPS) is 12.8. The summed E-state index contributed by atoms with van der Waals surface area (Å²) in [6.45, 7) is 7.24. The Morgan fingerprint density at radius 2 is 2.12 bits per heavy atom. The van der Waals surface area contributed by atoms with E-state index in [1.807, 2.05) is 6.07 Å². The van der Waals surface area contributed by atoms with Crippen molar-refractivity contribution in [2.75, 3.05) is 13.2 Å². The second kappa shape index (κ2) is 6.33. The summed E-state index contributed by atoms with van der Waals surface area (Å²) in [6, 6.07) is 1.43. The zero-order chi connectivity index (χ0) is 12.8. The Balaban J connectivity index is 4.51. The minimum atomic E-state index is -0.580. The van der Waals surface area contributed by atoms with E-state index in [4.69, 9.17) is 15.1 Å². The SMILES string of the molecule is CC(C#N)N(CCCO)C(=O)OC(C)(C)C. The highest BCUT2D eigenvalue weighted by molar-refractivity contribution is 5.68. The van der Waals surface area contributed by atoms with Crippen molar-refractivity contribution in [2.45, 2.75) is 45.8 Å². The number of nitriles is 1. The van der Waals surface area contributed by atoms with Crippen LogP contribution in [0.1, 0.15) is 34.1 Å². The zero-order valence-electron chi connectivity index (χ0n) is 10.4. The molecule has 5 heteroatoms. The van der Waals surface area contributed by atoms with Crippen LogP contribution in [0.2, 0.25) is 0 Å². The van der Waals surface area contributed by atoms with E-state index in [0.29, 0.717) is 13.0 Å². The molecular weight excluding hydrogens is 208 g/mol. The van der Waals surface area contributed by atoms with Crippen molar-refractivity contribution in [1.29, 1.82) is 5.26 Å². The Kier molecular flexibility index (Phi) is 5.83. The van der Waals surface area contributed by atoms with Gasteiger partial charge in [-0.1, -0.05) is 0 Å². The minimum Gasteiger partial charge on any atom is -0.444 e. The number of carbonyl (C=O) groups is 1. The highest BCUT2D eigenvalue weighted by atomic mass is 16.6. The summed E-state index contributed by atoms with van der Waals surface area (Å²) in [5.41, 5.74) is -0.580. The summed E-state index contributed by atoms with van der Waals surface area (Å²) in [4.78, 5) is 13.1. The van der Waals surface area contributed by atoms with Gasteiger partial charge in [0.2, 0.25) is 0 Å². The van der Waals surface area contributed by atoms with Gasteiger partial charge in [-0.2, -0.15) is 5.26 Å². The minimum absolute atomic E-state index is 0.0164. The summed E-state index contributed by atoms with van der Waals surface area (Å²) in [6.07, 6.45) is -0.0827. The highest BCUT2D eigenvalue weighted by Gasteiger charge is 2.25. The molecule has 1 atom stereocenters. The molecule has 16 heavy (non-hydrogen) atoms. The largest absolute Gasteiger partial charge is 0.444 e. The first kappa shape index (κ1) is 14.7. The van der Waals surface area contributed by atoms with Crippen LogP contribution in [0.3, 0.4) is 0 Å². The molecule has 0 aromatic carbocycles. The van der Waals surface area contributed by atoms with Gasteiger partial charge in [0, 0.05) is 13.2 Å². The predicted octanol–water partition coefficient (Wildman–Crippen LogP) is 1.52. The van der Waals surface area contributed by atoms with E-state index < -0.39 is 17.7 Å². The van der Waals surface area contributed by atoms with Gasteiger partial charge in [0.05, 0.1) is 6.07 Å². The number of aliphatic hydroxyl groups is 1. The molecule has 0 aliphatic carbocycles. The first-order valence-corrected chi connectivity index (χ1v) is 5.32. The Morgan fingerprint density at radius 3 is 2.50 bits per heavy atom. The van der Waals surface area contributed by atoms with E-state index in [9.17, 15) is 4.79 Å². The van der Waals surface area contributed by atoms with Crippen molar-refractivity contribution in [3.8, 4) is 6.07 Å². The van der Waals surface area contributed by atoms with Crippen LogP contribution < -0.4 is 0 Å². The third kappa shape index (κ3) is 5.56. The molecule has 0 bridgehead atoms. The summed E-state index contributed by atoms with van der Waals surface area (Å²) in [5, 5.41) is 17.5. The monoisotopic (exact) mass is 228 g/mol. The maximum absolute atomic E-state index is 11.7. The van der Waals surface area contributed by atoms with Gasteiger partial charge in [0.25, 0.3) is 0 Å². The van der Waals surface area contributed by atoms with Crippen LogP contribution in [0.4, 0.5) is 4.79 Å². The lowest BCUT2D eigenvalue weighted by Gasteiger charge is -2.28. The molecule has 92 valence electrons. The average Bonchev–Trinajstić information content (AvgIpc) is 2.15. The maximum Gasteiger partial charge on any atom is 0.411 e. The fourth-order valence-corrected chi connectivity index (χ4v) is 1.07. The van der Waals surface area contributed by atoms with Gasteiger partial charge in [-0.25, -0.2) is 4.79 Å². The van der Waals surface area contributed by atoms with Crippen molar-refractivity contribution in [3.63, 3.8) is 0 Å². The molecule has 0 aromatic heterocycles. The fourth-order valence-electron chi connectivity index (χ4n) is 1.07. The molecule has 0 spiro atoms. The van der Waals surface area contributed by atoms with Crippen LogP contribution in [0.5, 0.6) is 0 Å². The van der Waals surface area contributed by atoms with Gasteiger partial charge in [-0.3, -0.25) is 4.90 Å². The number of amides is 1. The van der Waals surface area contributed by atoms with E-state index in [1.165, 1.54) is 4.90 Å². The molecule has 0 heterocycles. The third-order valence-electron chi connectivity index (χ3n) is 1.84. The van der Waals surface area contributed by atoms with E-state index in [0.717, 1.165) is 0 Å². The molecular formula is C11H20N2O3. The molecule has 0 rings (SSSR count). The molecule has 5 nitrogen and oxygen atoms in total. The number of hydrogen-bond donors (Lipinski definition) is 1. The lowest BCUT2D eigenvalue weighted by atomic mass is 10.2. The van der Waals surface area contributed by atoms with Crippen LogP contribution in [0.25, 0.3) is 0 Å². The molecule has 0 aliphatic heterocycles. The molecule has 0 fully saturated rings. The van der Waals surface area contributed by atoms with Gasteiger partial charge in [-0.15, -0.1) is 0 Å². The Labute approximate surface area is 96.6 Å². The van der Waals surface area contributed by atoms with Crippen LogP contribution in [0.15, 0.2) is 0 Å². The lowest BCUT2D eigenvalue weighted by Crippen LogP contribution is -2.42. The van der Waals surface area contributed by atoms with E-state index >= 15 is 0 Å². The molecule has 1 unspecified atom stereocenters. The smallest absolute Gasteiger partial charge is 0.411 e. The van der Waals surface area contributed by atoms with Gasteiger partial charge < -0.3 is 9.84 Å². The number of ether oxygens (including phenoxy) is 1. The summed E-state index contributed by atoms with van der Waals surface area (Å²) >= 11 is 0. The Hall–Kier alpha value is -1.28. The first-order chi connectivity index (χ1) is 7.31. The molecule has 1 amide bonds. The van der Waals surface area contributed by atoms with Crippen molar-refractivity contribution < 1.29 is 14.6 Å². The van der Waals surface area contributed by atoms with Crippen molar-refractivity contribution in [2.24, 2.45) is 0 Å². The van der Waals surface area contributed by atoms with Gasteiger partial charge >= 0.3 is 6.09 Å². The fraction of sp³-hybridized carbons (Fsp3) is 0.818. The Morgan fingerprint density at radius 1 is 1.56 bits per heavy atom. The molecule has 0 aliphatic rings. The molecule has 0 radical (unpaired) electrons. The number of aliphatic hydroxyl groups excluding tert-OH is 1. The highest BCUT2D eigenvalue weighted by Crippen LogP contribution is 2.12. The van der Waals surface area contributed by atoms with Crippen LogP contribution in [-0.2, 0) is 4.74 Å². The maximum atomic E-state index is 11.7. The first-order valence-electron chi connectivity index (χ1n) is 5.32. The van der Waals surface area contributed by atoms with Gasteiger partial charge in [-0.05, 0) is 34.1 Å². The van der Waals surface area contributed by atoms with E-state index in [1.54, 1.807) is 27.7 Å². The van der Waals surface area contributed by atoms with Crippen LogP contribution in [0, 0.1) is 11.3 Å². The van der Waals surface area contributed by atoms with Crippen LogP contribution >= 0.6 is 0 Å². The average molecular weight is 228 g/mol. The van der Waals surface area contributed by atoms with Crippen molar-refractivity contribution in [1.82, 2.24) is 4.90 Å². The molecule has 0 aromatic rings. The van der Waals surface area contributed by atoms with Gasteiger partial charge in [0.15, 0.2) is 0 Å². The summed E-state index contributed by atoms with van der Waals surface area (Å²) < 4.78 is 5.17. The number of rotatable bonds is 4. The predicted molar refractivity (Wildman–Crippen MR) is 59.7 cm³/mol. The quantitative estimate of drug-likeness (QED) is 0.791. The standard InChI is InChI=1S/C11H20N2O3/c1-9(8-12)13(6-5-7-14)10(15)16-11(2,3)4/h9,14H,5-7H2,1-4H3. The van der Waals surface area contributed by atoms with Gasteiger partial charge in [0.1, 0.15) is 11.6 Å². The lowest BCUT2D eigenvalue weighted by molar-refractivity contribution is 0.0207. The third-order valence-corrected chi connectivity index (χ3v) is 1.84. The number of hydrogen-bond acceptors (Lipinski definition) is 4.